The molecule has 0 bridgehead atoms. The number of hydrogen-bond donors (Lipinski definition) is 0. The maximum atomic E-state index is 14.1. The van der Waals surface area contributed by atoms with E-state index in [1.54, 1.807) is 40.6 Å². The number of likely N-dealkylation sites (tertiary alicyclic amines) is 1. The number of carbonyl (C=O) groups is 1. The highest BCUT2D eigenvalue weighted by Crippen LogP contribution is 2.43. The van der Waals surface area contributed by atoms with Crippen molar-refractivity contribution in [3.63, 3.8) is 0 Å². The van der Waals surface area contributed by atoms with Crippen molar-refractivity contribution in [3.8, 4) is 23.0 Å². The monoisotopic (exact) mass is 685 g/mol. The molecule has 4 aromatic rings. The maximum absolute atomic E-state index is 14.1. The molecule has 0 spiro atoms. The van der Waals surface area contributed by atoms with Crippen LogP contribution in [0.15, 0.2) is 60.7 Å². The van der Waals surface area contributed by atoms with Crippen LogP contribution in [0.1, 0.15) is 42.1 Å². The molecular formula is C39H51N5O6. The summed E-state index contributed by atoms with van der Waals surface area (Å²) in [5.74, 6) is 3.10. The minimum absolute atomic E-state index is 0.0733. The molecule has 1 unspecified atom stereocenters. The Bertz CT molecular complexity index is 1740. The predicted molar refractivity (Wildman–Crippen MR) is 195 cm³/mol. The molecule has 3 aromatic carbocycles. The Kier molecular flexibility index (Phi) is 11.3. The van der Waals surface area contributed by atoms with Gasteiger partial charge in [0, 0.05) is 51.3 Å². The van der Waals surface area contributed by atoms with Gasteiger partial charge in [0.15, 0.2) is 11.5 Å². The van der Waals surface area contributed by atoms with E-state index in [0.29, 0.717) is 49.1 Å². The van der Waals surface area contributed by atoms with Crippen molar-refractivity contribution in [1.29, 1.82) is 0 Å². The molecule has 0 saturated carbocycles. The third kappa shape index (κ3) is 7.20. The fourth-order valence-electron chi connectivity index (χ4n) is 7.61. The Morgan fingerprint density at radius 2 is 1.62 bits per heavy atom. The molecule has 1 aromatic heterocycles. The first kappa shape index (κ1) is 35.3. The normalized spacial score (nSPS) is 18.3. The summed E-state index contributed by atoms with van der Waals surface area (Å²) in [6.07, 6.45) is 2.84. The van der Waals surface area contributed by atoms with Gasteiger partial charge in [0.1, 0.15) is 5.75 Å². The first-order valence-electron chi connectivity index (χ1n) is 17.7. The van der Waals surface area contributed by atoms with Crippen LogP contribution in [0.25, 0.3) is 11.0 Å². The summed E-state index contributed by atoms with van der Waals surface area (Å²) in [6.45, 7) is 10.2. The van der Waals surface area contributed by atoms with Crippen LogP contribution in [0.2, 0.25) is 0 Å². The number of hydrogen-bond acceptors (Lipinski definition) is 9. The van der Waals surface area contributed by atoms with Crippen molar-refractivity contribution in [2.75, 3.05) is 92.4 Å². The highest BCUT2D eigenvalue weighted by molar-refractivity contribution is 5.98. The van der Waals surface area contributed by atoms with E-state index < -0.39 is 0 Å². The molecule has 0 radical (unpaired) electrons. The average molecular weight is 686 g/mol. The Hall–Kier alpha value is -4.48. The van der Waals surface area contributed by atoms with E-state index in [0.717, 1.165) is 81.3 Å². The maximum Gasteiger partial charge on any atom is 0.257 e. The second kappa shape index (κ2) is 16.0. The van der Waals surface area contributed by atoms with Crippen molar-refractivity contribution >= 4 is 22.9 Å². The Morgan fingerprint density at radius 1 is 0.820 bits per heavy atom. The van der Waals surface area contributed by atoms with Gasteiger partial charge in [-0.2, -0.15) is 0 Å². The zero-order chi connectivity index (χ0) is 35.1. The van der Waals surface area contributed by atoms with Gasteiger partial charge in [-0.15, -0.1) is 0 Å². The third-order valence-electron chi connectivity index (χ3n) is 10.4. The van der Waals surface area contributed by atoms with Crippen molar-refractivity contribution in [1.82, 2.24) is 19.4 Å². The molecule has 0 N–H and O–H groups in total. The van der Waals surface area contributed by atoms with Gasteiger partial charge in [-0.25, -0.2) is 4.98 Å². The summed E-state index contributed by atoms with van der Waals surface area (Å²) in [4.78, 5) is 26.2. The van der Waals surface area contributed by atoms with Gasteiger partial charge in [-0.1, -0.05) is 24.3 Å². The summed E-state index contributed by atoms with van der Waals surface area (Å²) in [7, 11) is 6.37. The van der Waals surface area contributed by atoms with Gasteiger partial charge in [0.25, 0.3) is 5.91 Å². The second-order valence-electron chi connectivity index (χ2n) is 13.0. The number of para-hydroxylation sites is 2. The van der Waals surface area contributed by atoms with Crippen molar-refractivity contribution < 1.29 is 28.5 Å². The highest BCUT2D eigenvalue weighted by atomic mass is 16.5. The third-order valence-corrected chi connectivity index (χ3v) is 10.4. The largest absolute Gasteiger partial charge is 0.497 e. The Morgan fingerprint density at radius 3 is 2.36 bits per heavy atom. The van der Waals surface area contributed by atoms with E-state index in [9.17, 15) is 4.79 Å². The summed E-state index contributed by atoms with van der Waals surface area (Å²) in [6, 6.07) is 20.3. The van der Waals surface area contributed by atoms with Crippen LogP contribution < -0.4 is 23.8 Å². The van der Waals surface area contributed by atoms with Gasteiger partial charge in [-0.3, -0.25) is 4.79 Å². The van der Waals surface area contributed by atoms with Gasteiger partial charge < -0.3 is 43.0 Å². The molecule has 2 saturated heterocycles. The predicted octanol–water partition coefficient (Wildman–Crippen LogP) is 5.49. The minimum Gasteiger partial charge on any atom is -0.497 e. The van der Waals surface area contributed by atoms with Crippen LogP contribution in [-0.4, -0.2) is 113 Å². The lowest BCUT2D eigenvalue weighted by Crippen LogP contribution is -2.39. The van der Waals surface area contributed by atoms with Gasteiger partial charge in [-0.05, 0) is 81.2 Å². The van der Waals surface area contributed by atoms with E-state index >= 15 is 0 Å². The number of benzene rings is 3. The number of anilines is 1. The van der Waals surface area contributed by atoms with Crippen molar-refractivity contribution in [2.45, 2.75) is 38.1 Å². The number of aromatic nitrogens is 2. The van der Waals surface area contributed by atoms with Gasteiger partial charge >= 0.3 is 0 Å². The first-order chi connectivity index (χ1) is 24.4. The van der Waals surface area contributed by atoms with Gasteiger partial charge in [0.2, 0.25) is 11.7 Å². The topological polar surface area (TPSA) is 90.8 Å². The number of ether oxygens (including phenoxy) is 5. The number of imidazole rings is 1. The molecule has 268 valence electrons. The zero-order valence-corrected chi connectivity index (χ0v) is 30.2. The molecule has 1 atom stereocenters. The van der Waals surface area contributed by atoms with E-state index in [1.165, 1.54) is 5.56 Å². The van der Waals surface area contributed by atoms with E-state index in [4.69, 9.17) is 28.7 Å². The van der Waals surface area contributed by atoms with Gasteiger partial charge in [0.05, 0.1) is 51.6 Å². The van der Waals surface area contributed by atoms with Crippen LogP contribution in [0.4, 0.5) is 5.95 Å². The number of rotatable bonds is 14. The molecule has 11 heteroatoms. The molecule has 2 aliphatic heterocycles. The van der Waals surface area contributed by atoms with Crippen LogP contribution in [0.5, 0.6) is 23.0 Å². The number of methoxy groups -OCH3 is 4. The standard InChI is InChI=1S/C39H51N5O6/c1-6-50-27-26-44-33-11-8-7-10-32(33)40-38(44)42-21-9-20-41(24-25-42)22-18-39(29-12-14-30(46-2)15-13-29)19-23-43(28-39)37(45)31-16-17-34(47-3)36(49-5)35(31)48-4/h7-8,10-17H,6,9,18-28H2,1-5H3. The molecule has 50 heavy (non-hydrogen) atoms. The first-order valence-corrected chi connectivity index (χ1v) is 17.7. The molecule has 0 aliphatic carbocycles. The summed E-state index contributed by atoms with van der Waals surface area (Å²) in [5.41, 5.74) is 3.66. The fraction of sp³-hybridized carbons (Fsp3) is 0.487. The summed E-state index contributed by atoms with van der Waals surface area (Å²) in [5, 5.41) is 0. The van der Waals surface area contributed by atoms with Crippen molar-refractivity contribution in [3.05, 3.63) is 71.8 Å². The molecule has 11 nitrogen and oxygen atoms in total. The highest BCUT2D eigenvalue weighted by Gasteiger charge is 2.42. The zero-order valence-electron chi connectivity index (χ0n) is 30.2. The molecular weight excluding hydrogens is 634 g/mol. The second-order valence-corrected chi connectivity index (χ2v) is 13.0. The fourth-order valence-corrected chi connectivity index (χ4v) is 7.61. The van der Waals surface area contributed by atoms with Crippen LogP contribution in [-0.2, 0) is 16.7 Å². The Balaban J connectivity index is 1.19. The van der Waals surface area contributed by atoms with E-state index in [-0.39, 0.29) is 11.3 Å². The quantitative estimate of drug-likeness (QED) is 0.160. The van der Waals surface area contributed by atoms with E-state index in [1.807, 2.05) is 24.0 Å². The van der Waals surface area contributed by atoms with E-state index in [2.05, 4.69) is 50.8 Å². The summed E-state index contributed by atoms with van der Waals surface area (Å²) < 4.78 is 30.3. The lowest BCUT2D eigenvalue weighted by Gasteiger charge is -2.33. The smallest absolute Gasteiger partial charge is 0.257 e. The molecule has 1 amide bonds. The molecule has 2 aliphatic rings. The lowest BCUT2D eigenvalue weighted by atomic mass is 9.76. The number of nitrogens with zero attached hydrogens (tertiary/aromatic N) is 5. The number of amides is 1. The number of fused-ring (bicyclic) bond motifs is 1. The molecule has 6 rings (SSSR count). The van der Waals surface area contributed by atoms with Crippen LogP contribution in [0, 0.1) is 0 Å². The Labute approximate surface area is 295 Å². The number of carbonyl (C=O) groups excluding carboxylic acids is 1. The van der Waals surface area contributed by atoms with Crippen molar-refractivity contribution in [2.24, 2.45) is 0 Å². The minimum atomic E-state index is -0.203. The molecule has 3 heterocycles. The SMILES string of the molecule is CCOCCn1c(N2CCCN(CCC3(c4ccc(OC)cc4)CCN(C(=O)c4ccc(OC)c(OC)c4OC)C3)CC2)nc2ccccc21. The lowest BCUT2D eigenvalue weighted by molar-refractivity contribution is 0.0776. The summed E-state index contributed by atoms with van der Waals surface area (Å²) >= 11 is 0. The van der Waals surface area contributed by atoms with Crippen LogP contribution in [0.3, 0.4) is 0 Å². The molecule has 2 fully saturated rings. The average Bonchev–Trinajstić information content (AvgIpc) is 3.68. The van der Waals surface area contributed by atoms with Crippen LogP contribution >= 0.6 is 0 Å².